The number of ether oxygens (including phenoxy) is 1. The highest BCUT2D eigenvalue weighted by atomic mass is 32.1. The van der Waals surface area contributed by atoms with E-state index in [1.54, 1.807) is 11.3 Å². The molecule has 1 aliphatic heterocycles. The summed E-state index contributed by atoms with van der Waals surface area (Å²) in [5.41, 5.74) is 7.19. The molecule has 3 aromatic heterocycles. The van der Waals surface area contributed by atoms with Crippen LogP contribution in [0.5, 0.6) is 0 Å². The Balaban J connectivity index is 1.43. The van der Waals surface area contributed by atoms with Crippen molar-refractivity contribution in [3.8, 4) is 11.3 Å². The molecule has 0 bridgehead atoms. The van der Waals surface area contributed by atoms with Gasteiger partial charge < -0.3 is 19.7 Å². The average molecular weight is 449 g/mol. The quantitative estimate of drug-likeness (QED) is 0.490. The van der Waals surface area contributed by atoms with E-state index in [2.05, 4.69) is 39.6 Å². The topological polar surface area (TPSA) is 89.3 Å². The summed E-state index contributed by atoms with van der Waals surface area (Å²) in [5.74, 6) is -0.279. The molecule has 32 heavy (non-hydrogen) atoms. The molecule has 1 aromatic carbocycles. The van der Waals surface area contributed by atoms with Crippen molar-refractivity contribution in [1.82, 2.24) is 19.9 Å². The molecule has 0 aliphatic carbocycles. The molecule has 7 nitrogen and oxygen atoms in total. The normalized spacial score (nSPS) is 18.7. The number of aromatic nitrogens is 3. The van der Waals surface area contributed by atoms with E-state index in [1.807, 2.05) is 40.8 Å². The maximum atomic E-state index is 13.0. The monoisotopic (exact) mass is 448 g/mol. The summed E-state index contributed by atoms with van der Waals surface area (Å²) < 4.78 is 7.18. The molecule has 4 aromatic rings. The Labute approximate surface area is 189 Å². The van der Waals surface area contributed by atoms with E-state index in [9.17, 15) is 9.90 Å². The Morgan fingerprint density at radius 2 is 2.16 bits per heavy atom. The van der Waals surface area contributed by atoms with Gasteiger partial charge in [0.25, 0.3) is 5.91 Å². The summed E-state index contributed by atoms with van der Waals surface area (Å²) in [5, 5.41) is 16.1. The molecule has 1 saturated heterocycles. The van der Waals surface area contributed by atoms with E-state index in [-0.39, 0.29) is 18.6 Å². The number of fused-ring (bicyclic) bond motifs is 1. The zero-order chi connectivity index (χ0) is 22.1. The van der Waals surface area contributed by atoms with Crippen molar-refractivity contribution in [3.05, 3.63) is 70.3 Å². The van der Waals surface area contributed by atoms with Gasteiger partial charge in [0.15, 0.2) is 0 Å². The summed E-state index contributed by atoms with van der Waals surface area (Å²) in [6.45, 7) is 0.756. The van der Waals surface area contributed by atoms with Gasteiger partial charge in [-0.05, 0) is 36.1 Å². The zero-order valence-electron chi connectivity index (χ0n) is 17.7. The number of rotatable bonds is 5. The smallest absolute Gasteiger partial charge is 0.270 e. The molecule has 2 N–H and O–H groups in total. The van der Waals surface area contributed by atoms with E-state index in [0.717, 1.165) is 33.4 Å². The lowest BCUT2D eigenvalue weighted by atomic mass is 10.00. The van der Waals surface area contributed by atoms with Crippen LogP contribution in [0.4, 0.5) is 0 Å². The van der Waals surface area contributed by atoms with Crippen molar-refractivity contribution in [2.24, 2.45) is 7.05 Å². The van der Waals surface area contributed by atoms with Crippen LogP contribution in [-0.4, -0.2) is 50.9 Å². The Morgan fingerprint density at radius 3 is 2.91 bits per heavy atom. The van der Waals surface area contributed by atoms with Crippen molar-refractivity contribution >= 4 is 28.3 Å². The van der Waals surface area contributed by atoms with Crippen LogP contribution in [-0.2, 0) is 18.2 Å². The zero-order valence-corrected chi connectivity index (χ0v) is 18.5. The van der Waals surface area contributed by atoms with Gasteiger partial charge in [0.2, 0.25) is 0 Å². The minimum atomic E-state index is -0.706. The largest absolute Gasteiger partial charge is 0.389 e. The Morgan fingerprint density at radius 1 is 1.31 bits per heavy atom. The summed E-state index contributed by atoms with van der Waals surface area (Å²) in [4.78, 5) is 21.9. The number of carbonyl (C=O) groups excluding carboxylic acids is 1. The number of amides is 1. The Kier molecular flexibility index (Phi) is 5.73. The van der Waals surface area contributed by atoms with Gasteiger partial charge in [0.05, 0.1) is 30.0 Å². The SMILES string of the molecule is Cn1ccc2c(Cc3ccc(-c4cscn4)cc3)cc(C(=O)N[C@H]3CCOC[C@H]3O)nc21. The van der Waals surface area contributed by atoms with Crippen molar-refractivity contribution < 1.29 is 14.6 Å². The fourth-order valence-corrected chi connectivity index (χ4v) is 4.63. The third-order valence-electron chi connectivity index (χ3n) is 5.88. The molecule has 2 atom stereocenters. The van der Waals surface area contributed by atoms with E-state index in [4.69, 9.17) is 4.74 Å². The number of benzene rings is 1. The fourth-order valence-electron chi connectivity index (χ4n) is 4.06. The molecular formula is C24H24N4O3S. The van der Waals surface area contributed by atoms with Crippen molar-refractivity contribution in [3.63, 3.8) is 0 Å². The molecule has 1 fully saturated rings. The van der Waals surface area contributed by atoms with Crippen molar-refractivity contribution in [2.75, 3.05) is 13.2 Å². The Bertz CT molecular complexity index is 1230. The van der Waals surface area contributed by atoms with Gasteiger partial charge in [0.1, 0.15) is 11.3 Å². The van der Waals surface area contributed by atoms with E-state index in [0.29, 0.717) is 25.1 Å². The maximum Gasteiger partial charge on any atom is 0.270 e. The first kappa shape index (κ1) is 20.8. The second-order valence-electron chi connectivity index (χ2n) is 8.09. The standard InChI is InChI=1S/C24H24N4O3S/c1-28-8-6-18-17(10-15-2-4-16(5-3-15)21-13-32-14-25-21)11-20(26-23(18)28)24(30)27-19-7-9-31-12-22(19)29/h2-6,8,11,13-14,19,22,29H,7,9-10,12H2,1H3,(H,27,30)/t19-,22+/m0/s1. The summed E-state index contributed by atoms with van der Waals surface area (Å²) >= 11 is 1.58. The number of nitrogens with zero attached hydrogens (tertiary/aromatic N) is 3. The van der Waals surface area contributed by atoms with Gasteiger partial charge >= 0.3 is 0 Å². The summed E-state index contributed by atoms with van der Waals surface area (Å²) in [6.07, 6.45) is 2.51. The van der Waals surface area contributed by atoms with Crippen LogP contribution >= 0.6 is 11.3 Å². The lowest BCUT2D eigenvalue weighted by Crippen LogP contribution is -2.48. The number of pyridine rings is 1. The number of carbonyl (C=O) groups is 1. The van der Waals surface area contributed by atoms with Crippen molar-refractivity contribution in [1.29, 1.82) is 0 Å². The van der Waals surface area contributed by atoms with Crippen LogP contribution in [0.25, 0.3) is 22.3 Å². The lowest BCUT2D eigenvalue weighted by Gasteiger charge is -2.28. The molecule has 0 radical (unpaired) electrons. The Hall–Kier alpha value is -3.07. The molecule has 1 amide bonds. The van der Waals surface area contributed by atoms with Crippen LogP contribution in [0, 0.1) is 0 Å². The molecule has 8 heteroatoms. The van der Waals surface area contributed by atoms with E-state index in [1.165, 1.54) is 0 Å². The molecule has 0 unspecified atom stereocenters. The van der Waals surface area contributed by atoms with Crippen LogP contribution in [0.15, 0.2) is 53.5 Å². The van der Waals surface area contributed by atoms with Crippen LogP contribution in [0.2, 0.25) is 0 Å². The maximum absolute atomic E-state index is 13.0. The first-order valence-corrected chi connectivity index (χ1v) is 11.5. The average Bonchev–Trinajstić information content (AvgIpc) is 3.47. The van der Waals surface area contributed by atoms with Gasteiger partial charge in [0, 0.05) is 36.2 Å². The number of hydrogen-bond donors (Lipinski definition) is 2. The number of thiazole rings is 1. The number of aryl methyl sites for hydroxylation is 1. The summed E-state index contributed by atoms with van der Waals surface area (Å²) in [6, 6.07) is 11.9. The molecular weight excluding hydrogens is 424 g/mol. The third-order valence-corrected chi connectivity index (χ3v) is 6.46. The molecule has 1 aliphatic rings. The number of aliphatic hydroxyl groups is 1. The molecule has 164 valence electrons. The second kappa shape index (κ2) is 8.82. The molecule has 4 heterocycles. The van der Waals surface area contributed by atoms with E-state index >= 15 is 0 Å². The van der Waals surface area contributed by atoms with Crippen LogP contribution < -0.4 is 5.32 Å². The van der Waals surface area contributed by atoms with Gasteiger partial charge in [-0.3, -0.25) is 4.79 Å². The number of hydrogen-bond acceptors (Lipinski definition) is 6. The van der Waals surface area contributed by atoms with Gasteiger partial charge in [-0.25, -0.2) is 9.97 Å². The highest BCUT2D eigenvalue weighted by Gasteiger charge is 2.26. The highest BCUT2D eigenvalue weighted by Crippen LogP contribution is 2.25. The minimum absolute atomic E-state index is 0.233. The van der Waals surface area contributed by atoms with Gasteiger partial charge in [-0.15, -0.1) is 11.3 Å². The number of aliphatic hydroxyl groups excluding tert-OH is 1. The fraction of sp³-hybridized carbons (Fsp3) is 0.292. The van der Waals surface area contributed by atoms with Gasteiger partial charge in [-0.2, -0.15) is 0 Å². The lowest BCUT2D eigenvalue weighted by molar-refractivity contribution is -0.0261. The molecule has 0 saturated carbocycles. The minimum Gasteiger partial charge on any atom is -0.389 e. The number of nitrogens with one attached hydrogen (secondary N) is 1. The third kappa shape index (κ3) is 4.17. The van der Waals surface area contributed by atoms with Crippen LogP contribution in [0.3, 0.4) is 0 Å². The van der Waals surface area contributed by atoms with Gasteiger partial charge in [-0.1, -0.05) is 24.3 Å². The van der Waals surface area contributed by atoms with E-state index < -0.39 is 6.10 Å². The van der Waals surface area contributed by atoms with Crippen molar-refractivity contribution in [2.45, 2.75) is 25.0 Å². The molecule has 0 spiro atoms. The first-order chi connectivity index (χ1) is 15.6. The summed E-state index contributed by atoms with van der Waals surface area (Å²) in [7, 11) is 1.92. The highest BCUT2D eigenvalue weighted by molar-refractivity contribution is 7.07. The predicted octanol–water partition coefficient (Wildman–Crippen LogP) is 3.17. The first-order valence-electron chi connectivity index (χ1n) is 10.6. The predicted molar refractivity (Wildman–Crippen MR) is 124 cm³/mol. The second-order valence-corrected chi connectivity index (χ2v) is 8.81. The van der Waals surface area contributed by atoms with Crippen LogP contribution in [0.1, 0.15) is 28.0 Å². The molecule has 5 rings (SSSR count).